The standard InChI is InChI=1S/C30H32FN5OS/c1-19-18-30(2,3)35(4)25-13-12-20(17-21(19)25)28-27(24-11-7-8-15-32-24)34-29(38)36(28)16-14-26(37)33-23-10-6-5-9-22(23)31/h5-13,15,17-18,27-28H,14,16H2,1-4H3,(H,33,37)(H,34,38)/t27-,28+/m0/s1. The smallest absolute Gasteiger partial charge is 0.226 e. The van der Waals surface area contributed by atoms with Gasteiger partial charge in [-0.1, -0.05) is 30.3 Å². The number of carbonyl (C=O) groups excluding carboxylic acids is 1. The lowest BCUT2D eigenvalue weighted by Crippen LogP contribution is -2.42. The Hall–Kier alpha value is -3.78. The van der Waals surface area contributed by atoms with Crippen molar-refractivity contribution in [2.75, 3.05) is 23.8 Å². The second kappa shape index (κ2) is 10.2. The number of amides is 1. The summed E-state index contributed by atoms with van der Waals surface area (Å²) in [6.07, 6.45) is 4.22. The highest BCUT2D eigenvalue weighted by molar-refractivity contribution is 7.80. The highest BCUT2D eigenvalue weighted by Crippen LogP contribution is 2.43. The van der Waals surface area contributed by atoms with Gasteiger partial charge in [-0.25, -0.2) is 4.39 Å². The van der Waals surface area contributed by atoms with Gasteiger partial charge >= 0.3 is 0 Å². The summed E-state index contributed by atoms with van der Waals surface area (Å²) >= 11 is 5.77. The maximum atomic E-state index is 14.0. The highest BCUT2D eigenvalue weighted by Gasteiger charge is 2.40. The van der Waals surface area contributed by atoms with E-state index in [4.69, 9.17) is 12.2 Å². The predicted octanol–water partition coefficient (Wildman–Crippen LogP) is 5.85. The van der Waals surface area contributed by atoms with Gasteiger partial charge in [0, 0.05) is 37.5 Å². The molecule has 2 aliphatic rings. The number of nitrogens with one attached hydrogen (secondary N) is 2. The minimum Gasteiger partial charge on any atom is -0.366 e. The number of hydrogen-bond donors (Lipinski definition) is 2. The number of thiocarbonyl (C=S) groups is 1. The summed E-state index contributed by atoms with van der Waals surface area (Å²) in [4.78, 5) is 21.7. The predicted molar refractivity (Wildman–Crippen MR) is 154 cm³/mol. The van der Waals surface area contributed by atoms with E-state index in [1.807, 2.05) is 23.1 Å². The molecular weight excluding hydrogens is 497 g/mol. The van der Waals surface area contributed by atoms with Crippen LogP contribution in [0.5, 0.6) is 0 Å². The third-order valence-corrected chi connectivity index (χ3v) is 7.86. The van der Waals surface area contributed by atoms with Crippen molar-refractivity contribution in [2.24, 2.45) is 0 Å². The van der Waals surface area contributed by atoms with E-state index in [1.165, 1.54) is 22.9 Å². The zero-order valence-electron chi connectivity index (χ0n) is 22.0. The quantitative estimate of drug-likeness (QED) is 0.391. The van der Waals surface area contributed by atoms with Gasteiger partial charge in [0.2, 0.25) is 5.91 Å². The Morgan fingerprint density at radius 3 is 2.66 bits per heavy atom. The van der Waals surface area contributed by atoms with Crippen molar-refractivity contribution in [1.82, 2.24) is 15.2 Å². The molecule has 1 fully saturated rings. The van der Waals surface area contributed by atoms with Crippen LogP contribution in [-0.4, -0.2) is 40.0 Å². The van der Waals surface area contributed by atoms with Gasteiger partial charge in [0.15, 0.2) is 5.11 Å². The van der Waals surface area contributed by atoms with Crippen molar-refractivity contribution >= 4 is 40.2 Å². The zero-order valence-corrected chi connectivity index (χ0v) is 22.8. The number of aromatic nitrogens is 1. The van der Waals surface area contributed by atoms with E-state index >= 15 is 0 Å². The summed E-state index contributed by atoms with van der Waals surface area (Å²) in [5, 5.41) is 6.68. The summed E-state index contributed by atoms with van der Waals surface area (Å²) < 4.78 is 14.0. The SMILES string of the molecule is CC1=CC(C)(C)N(C)c2ccc([C@@H]3[C@H](c4ccccn4)NC(=S)N3CCC(=O)Nc3ccccc3F)cc21. The van der Waals surface area contributed by atoms with Crippen LogP contribution in [0, 0.1) is 5.82 Å². The number of benzene rings is 2. The van der Waals surface area contributed by atoms with E-state index in [0.29, 0.717) is 11.7 Å². The third-order valence-electron chi connectivity index (χ3n) is 7.51. The topological polar surface area (TPSA) is 60.5 Å². The van der Waals surface area contributed by atoms with Crippen LogP contribution < -0.4 is 15.5 Å². The molecule has 6 nitrogen and oxygen atoms in total. The number of para-hydroxylation sites is 1. The first-order valence-corrected chi connectivity index (χ1v) is 13.2. The number of allylic oxidation sites excluding steroid dienone is 1. The molecule has 196 valence electrons. The maximum absolute atomic E-state index is 14.0. The monoisotopic (exact) mass is 529 g/mol. The molecule has 2 aromatic carbocycles. The zero-order chi connectivity index (χ0) is 27.0. The van der Waals surface area contributed by atoms with Crippen LogP contribution in [0.25, 0.3) is 5.57 Å². The first kappa shape index (κ1) is 25.9. The Labute approximate surface area is 228 Å². The summed E-state index contributed by atoms with van der Waals surface area (Å²) in [6.45, 7) is 6.94. The minimum atomic E-state index is -0.460. The first-order valence-electron chi connectivity index (χ1n) is 12.8. The third kappa shape index (κ3) is 4.88. The van der Waals surface area contributed by atoms with Crippen LogP contribution in [0.4, 0.5) is 15.8 Å². The Kier molecular flexibility index (Phi) is 6.92. The number of carbonyl (C=O) groups is 1. The number of pyridine rings is 1. The molecule has 3 heterocycles. The van der Waals surface area contributed by atoms with Gasteiger partial charge in [-0.05, 0) is 80.5 Å². The van der Waals surface area contributed by atoms with Gasteiger partial charge in [-0.3, -0.25) is 9.78 Å². The summed E-state index contributed by atoms with van der Waals surface area (Å²) in [5.74, 6) is -0.732. The molecule has 8 heteroatoms. The van der Waals surface area contributed by atoms with Gasteiger partial charge in [0.25, 0.3) is 0 Å². The Morgan fingerprint density at radius 1 is 1.16 bits per heavy atom. The summed E-state index contributed by atoms with van der Waals surface area (Å²) in [5.41, 5.74) is 5.64. The lowest BCUT2D eigenvalue weighted by Gasteiger charge is -2.41. The molecule has 1 saturated heterocycles. The molecule has 38 heavy (non-hydrogen) atoms. The second-order valence-corrected chi connectivity index (χ2v) is 10.8. The number of nitrogens with zero attached hydrogens (tertiary/aromatic N) is 3. The largest absolute Gasteiger partial charge is 0.366 e. The minimum absolute atomic E-state index is 0.0802. The van der Waals surface area contributed by atoms with E-state index in [2.05, 4.69) is 72.6 Å². The van der Waals surface area contributed by atoms with Gasteiger partial charge in [0.1, 0.15) is 5.82 Å². The number of fused-ring (bicyclic) bond motifs is 1. The van der Waals surface area contributed by atoms with Gasteiger partial charge in [0.05, 0.1) is 29.0 Å². The Balaban J connectivity index is 1.46. The van der Waals surface area contributed by atoms with Gasteiger partial charge < -0.3 is 20.4 Å². The summed E-state index contributed by atoms with van der Waals surface area (Å²) in [7, 11) is 2.12. The number of hydrogen-bond acceptors (Lipinski definition) is 4. The summed E-state index contributed by atoms with van der Waals surface area (Å²) in [6, 6.07) is 18.2. The van der Waals surface area contributed by atoms with Crippen LogP contribution in [0.15, 0.2) is 72.9 Å². The van der Waals surface area contributed by atoms with Crippen molar-refractivity contribution in [3.63, 3.8) is 0 Å². The number of halogens is 1. The van der Waals surface area contributed by atoms with E-state index in [-0.39, 0.29) is 35.6 Å². The molecule has 0 bridgehead atoms. The lowest BCUT2D eigenvalue weighted by atomic mass is 9.86. The van der Waals surface area contributed by atoms with Crippen LogP contribution in [-0.2, 0) is 4.79 Å². The fourth-order valence-corrected chi connectivity index (χ4v) is 5.70. The van der Waals surface area contributed by atoms with E-state index in [0.717, 1.165) is 11.3 Å². The van der Waals surface area contributed by atoms with Crippen molar-refractivity contribution in [3.05, 3.63) is 95.6 Å². The van der Waals surface area contributed by atoms with Crippen molar-refractivity contribution in [2.45, 2.75) is 44.8 Å². The lowest BCUT2D eigenvalue weighted by molar-refractivity contribution is -0.116. The van der Waals surface area contributed by atoms with Crippen molar-refractivity contribution in [3.8, 4) is 0 Å². The highest BCUT2D eigenvalue weighted by atomic mass is 32.1. The molecule has 0 unspecified atom stereocenters. The van der Waals surface area contributed by atoms with Crippen molar-refractivity contribution in [1.29, 1.82) is 0 Å². The molecule has 1 amide bonds. The second-order valence-electron chi connectivity index (χ2n) is 10.4. The average molecular weight is 530 g/mol. The molecule has 2 aliphatic heterocycles. The van der Waals surface area contributed by atoms with Gasteiger partial charge in [-0.2, -0.15) is 0 Å². The Bertz CT molecular complexity index is 1410. The number of anilines is 2. The van der Waals surface area contributed by atoms with Gasteiger partial charge in [-0.15, -0.1) is 0 Å². The van der Waals surface area contributed by atoms with Crippen LogP contribution in [0.3, 0.4) is 0 Å². The normalized spacial score (nSPS) is 20.0. The molecule has 5 rings (SSSR count). The van der Waals surface area contributed by atoms with Crippen LogP contribution in [0.1, 0.15) is 56.1 Å². The Morgan fingerprint density at radius 2 is 1.92 bits per heavy atom. The molecule has 1 aromatic heterocycles. The fraction of sp³-hybridized carbons (Fsp3) is 0.300. The molecule has 3 aromatic rings. The molecular formula is C30H32FN5OS. The molecule has 2 N–H and O–H groups in total. The average Bonchev–Trinajstić information content (AvgIpc) is 3.23. The molecule has 0 spiro atoms. The maximum Gasteiger partial charge on any atom is 0.226 e. The van der Waals surface area contributed by atoms with E-state index in [9.17, 15) is 9.18 Å². The van der Waals surface area contributed by atoms with Crippen LogP contribution >= 0.6 is 12.2 Å². The molecule has 2 atom stereocenters. The van der Waals surface area contributed by atoms with Crippen molar-refractivity contribution < 1.29 is 9.18 Å². The fourth-order valence-electron chi connectivity index (χ4n) is 5.37. The van der Waals surface area contributed by atoms with E-state index in [1.54, 1.807) is 24.4 Å². The molecule has 0 saturated carbocycles. The molecule has 0 radical (unpaired) electrons. The number of rotatable bonds is 6. The first-order chi connectivity index (χ1) is 18.2. The van der Waals surface area contributed by atoms with E-state index < -0.39 is 5.82 Å². The number of likely N-dealkylation sites (N-methyl/N-ethyl adjacent to an activating group) is 1. The molecule has 0 aliphatic carbocycles. The van der Waals surface area contributed by atoms with Crippen LogP contribution in [0.2, 0.25) is 0 Å².